The van der Waals surface area contributed by atoms with Crippen molar-refractivity contribution in [3.05, 3.63) is 126 Å². The molecule has 5 aromatic rings. The first-order valence-electron chi connectivity index (χ1n) is 11.4. The molecule has 0 spiro atoms. The van der Waals surface area contributed by atoms with Gasteiger partial charge in [-0.1, -0.05) is 66.2 Å². The molecule has 0 bridgehead atoms. The zero-order valence-electron chi connectivity index (χ0n) is 19.4. The number of aryl methyl sites for hydroxylation is 1. The van der Waals surface area contributed by atoms with Gasteiger partial charge in [0.15, 0.2) is 0 Å². The molecule has 0 saturated heterocycles. The monoisotopic (exact) mass is 561 g/mol. The van der Waals surface area contributed by atoms with E-state index in [2.05, 4.69) is 102 Å². The minimum Gasteiger partial charge on any atom is -1.00 e. The van der Waals surface area contributed by atoms with E-state index in [9.17, 15) is 0 Å². The summed E-state index contributed by atoms with van der Waals surface area (Å²) >= 11 is 6.77. The number of hydrogen-bond acceptors (Lipinski definition) is 2. The van der Waals surface area contributed by atoms with Crippen LogP contribution in [0.5, 0.6) is 5.75 Å². The van der Waals surface area contributed by atoms with E-state index in [0.29, 0.717) is 5.02 Å². The topological polar surface area (TPSA) is 22.1 Å². The minimum absolute atomic E-state index is 0. The molecule has 0 aliphatic heterocycles. The van der Waals surface area contributed by atoms with Crippen molar-refractivity contribution in [1.29, 1.82) is 0 Å². The van der Waals surface area contributed by atoms with Crippen LogP contribution in [0.25, 0.3) is 10.9 Å². The predicted molar refractivity (Wildman–Crippen MR) is 147 cm³/mol. The normalized spacial score (nSPS) is 11.1. The molecule has 0 radical (unpaired) electrons. The molecule has 5 heteroatoms. The molecule has 35 heavy (non-hydrogen) atoms. The summed E-state index contributed by atoms with van der Waals surface area (Å²) in [6, 6.07) is 38.8. The van der Waals surface area contributed by atoms with E-state index in [-0.39, 0.29) is 17.0 Å². The van der Waals surface area contributed by atoms with Crippen LogP contribution in [0, 0.1) is 0 Å². The maximum absolute atomic E-state index is 6.77. The van der Waals surface area contributed by atoms with Gasteiger partial charge in [-0.3, -0.25) is 4.98 Å². The Morgan fingerprint density at radius 3 is 1.74 bits per heavy atom. The van der Waals surface area contributed by atoms with E-state index >= 15 is 0 Å². The van der Waals surface area contributed by atoms with Gasteiger partial charge in [-0.05, 0) is 60.2 Å². The van der Waals surface area contributed by atoms with Gasteiger partial charge in [-0.25, -0.2) is 0 Å². The number of methoxy groups -OCH3 is 1. The SMILES string of the molecule is COc1ccc2ncc(Cl)c(CC[P+](c3ccccc3)(c3ccccc3)c3ccccc3)c2c1.[Br-]. The predicted octanol–water partition coefficient (Wildman–Crippen LogP) is 3.44. The number of nitrogens with zero attached hydrogens (tertiary/aromatic N) is 1. The first-order valence-corrected chi connectivity index (χ1v) is 13.7. The fraction of sp³-hybridized carbons (Fsp3) is 0.100. The third-order valence-corrected chi connectivity index (χ3v) is 11.2. The number of hydrogen-bond donors (Lipinski definition) is 0. The second kappa shape index (κ2) is 11.4. The summed E-state index contributed by atoms with van der Waals surface area (Å²) in [6.45, 7) is 0. The number of aromatic nitrogens is 1. The molecule has 0 aliphatic rings. The van der Waals surface area contributed by atoms with Crippen molar-refractivity contribution in [2.75, 3.05) is 13.3 Å². The summed E-state index contributed by atoms with van der Waals surface area (Å²) in [4.78, 5) is 4.56. The van der Waals surface area contributed by atoms with Crippen molar-refractivity contribution in [1.82, 2.24) is 4.98 Å². The fourth-order valence-electron chi connectivity index (χ4n) is 4.74. The molecule has 2 nitrogen and oxygen atoms in total. The quantitative estimate of drug-likeness (QED) is 0.284. The Balaban J connectivity index is 0.00000289. The van der Waals surface area contributed by atoms with E-state index in [0.717, 1.165) is 34.8 Å². The van der Waals surface area contributed by atoms with E-state index in [1.807, 2.05) is 12.1 Å². The molecule has 0 fully saturated rings. The van der Waals surface area contributed by atoms with Crippen LogP contribution in [0.15, 0.2) is 115 Å². The highest BCUT2D eigenvalue weighted by atomic mass is 79.9. The molecule has 0 unspecified atom stereocenters. The smallest absolute Gasteiger partial charge is 0.119 e. The van der Waals surface area contributed by atoms with Gasteiger partial charge in [0.1, 0.15) is 28.9 Å². The standard InChI is InChI=1S/C30H26ClNOP.BrH/c1-33-23-17-18-30-28(21-23)27(29(31)22-32-30)19-20-34(24-11-5-2-6-12-24,25-13-7-3-8-14-25)26-15-9-4-10-16-26;/h2-18,21-22H,19-20H2,1H3;1H/q+1;/p-1. The summed E-state index contributed by atoms with van der Waals surface area (Å²) < 4.78 is 5.51. The van der Waals surface area contributed by atoms with E-state index in [4.69, 9.17) is 16.3 Å². The van der Waals surface area contributed by atoms with Crippen LogP contribution < -0.4 is 37.6 Å². The summed E-state index contributed by atoms with van der Waals surface area (Å²) in [5.74, 6) is 0.813. The number of ether oxygens (including phenoxy) is 1. The van der Waals surface area contributed by atoms with Crippen molar-refractivity contribution in [2.24, 2.45) is 0 Å². The van der Waals surface area contributed by atoms with E-state index < -0.39 is 7.26 Å². The molecule has 176 valence electrons. The molecule has 0 saturated carbocycles. The molecular formula is C30H26BrClNOP. The zero-order chi connectivity index (χ0) is 23.4. The number of pyridine rings is 1. The maximum atomic E-state index is 6.77. The largest absolute Gasteiger partial charge is 1.00 e. The Kier molecular flexibility index (Phi) is 8.23. The number of benzene rings is 4. The highest BCUT2D eigenvalue weighted by Gasteiger charge is 2.44. The van der Waals surface area contributed by atoms with E-state index in [1.54, 1.807) is 13.3 Å². The Labute approximate surface area is 223 Å². The van der Waals surface area contributed by atoms with Crippen LogP contribution in [0.2, 0.25) is 5.02 Å². The Hall–Kier alpha value is -2.71. The van der Waals surface area contributed by atoms with Gasteiger partial charge >= 0.3 is 0 Å². The van der Waals surface area contributed by atoms with Gasteiger partial charge in [0.05, 0.1) is 23.8 Å². The average molecular weight is 563 g/mol. The molecule has 0 aliphatic carbocycles. The molecule has 0 amide bonds. The van der Waals surface area contributed by atoms with Gasteiger partial charge < -0.3 is 21.7 Å². The van der Waals surface area contributed by atoms with Crippen molar-refractivity contribution in [2.45, 2.75) is 6.42 Å². The third kappa shape index (κ3) is 5.00. The van der Waals surface area contributed by atoms with Crippen molar-refractivity contribution < 1.29 is 21.7 Å². The van der Waals surface area contributed by atoms with Crippen molar-refractivity contribution >= 4 is 45.7 Å². The van der Waals surface area contributed by atoms with Crippen LogP contribution in [0.4, 0.5) is 0 Å². The molecule has 0 atom stereocenters. The highest BCUT2D eigenvalue weighted by Crippen LogP contribution is 2.56. The second-order valence-electron chi connectivity index (χ2n) is 8.26. The summed E-state index contributed by atoms with van der Waals surface area (Å²) in [5, 5.41) is 5.88. The molecule has 4 aromatic carbocycles. The summed E-state index contributed by atoms with van der Waals surface area (Å²) in [6.07, 6.45) is 3.57. The van der Waals surface area contributed by atoms with Crippen molar-refractivity contribution in [3.8, 4) is 5.75 Å². The summed E-state index contributed by atoms with van der Waals surface area (Å²) in [5.41, 5.74) is 2.06. The Bertz CT molecular complexity index is 1300. The van der Waals surface area contributed by atoms with Gasteiger partial charge in [0.2, 0.25) is 0 Å². The zero-order valence-corrected chi connectivity index (χ0v) is 22.7. The Morgan fingerprint density at radius 2 is 1.26 bits per heavy atom. The Morgan fingerprint density at radius 1 is 0.743 bits per heavy atom. The van der Waals surface area contributed by atoms with Crippen LogP contribution in [0.1, 0.15) is 5.56 Å². The third-order valence-electron chi connectivity index (χ3n) is 6.42. The first-order chi connectivity index (χ1) is 16.7. The lowest BCUT2D eigenvalue weighted by Crippen LogP contribution is -3.00. The molecule has 0 N–H and O–H groups in total. The van der Waals surface area contributed by atoms with Gasteiger partial charge in [0.25, 0.3) is 0 Å². The van der Waals surface area contributed by atoms with Gasteiger partial charge in [0, 0.05) is 18.0 Å². The molecular weight excluding hydrogens is 537 g/mol. The second-order valence-corrected chi connectivity index (χ2v) is 12.3. The van der Waals surface area contributed by atoms with Crippen LogP contribution in [-0.4, -0.2) is 18.3 Å². The lowest BCUT2D eigenvalue weighted by Gasteiger charge is -2.28. The fourth-order valence-corrected chi connectivity index (χ4v) is 9.26. The number of rotatable bonds is 7. The van der Waals surface area contributed by atoms with Crippen LogP contribution in [-0.2, 0) is 6.42 Å². The maximum Gasteiger partial charge on any atom is 0.119 e. The number of fused-ring (bicyclic) bond motifs is 1. The number of halogens is 2. The lowest BCUT2D eigenvalue weighted by molar-refractivity contribution is -0.00000684. The van der Waals surface area contributed by atoms with Gasteiger partial charge in [-0.2, -0.15) is 0 Å². The molecule has 1 aromatic heterocycles. The van der Waals surface area contributed by atoms with Crippen molar-refractivity contribution in [3.63, 3.8) is 0 Å². The van der Waals surface area contributed by atoms with E-state index in [1.165, 1.54) is 15.9 Å². The average Bonchev–Trinajstić information content (AvgIpc) is 2.91. The van der Waals surface area contributed by atoms with Crippen LogP contribution >= 0.6 is 18.9 Å². The minimum atomic E-state index is -1.95. The van der Waals surface area contributed by atoms with Gasteiger partial charge in [-0.15, -0.1) is 0 Å². The first kappa shape index (κ1) is 25.4. The molecule has 1 heterocycles. The van der Waals surface area contributed by atoms with Crippen LogP contribution in [0.3, 0.4) is 0 Å². The molecule has 5 rings (SSSR count). The lowest BCUT2D eigenvalue weighted by atomic mass is 10.1. The highest BCUT2D eigenvalue weighted by molar-refractivity contribution is 7.95. The summed E-state index contributed by atoms with van der Waals surface area (Å²) in [7, 11) is -0.256.